The van der Waals surface area contributed by atoms with Crippen molar-refractivity contribution in [1.29, 1.82) is 0 Å². The lowest BCUT2D eigenvalue weighted by atomic mass is 9.85. The summed E-state index contributed by atoms with van der Waals surface area (Å²) >= 11 is 0. The molecule has 13 nitrogen and oxygen atoms in total. The lowest BCUT2D eigenvalue weighted by Gasteiger charge is -2.41. The van der Waals surface area contributed by atoms with Crippen LogP contribution in [0.25, 0.3) is 0 Å². The molecule has 1 rings (SSSR count). The average molecular weight is 904 g/mol. The van der Waals surface area contributed by atoms with E-state index >= 15 is 0 Å². The van der Waals surface area contributed by atoms with E-state index in [0.717, 1.165) is 70.6 Å². The van der Waals surface area contributed by atoms with E-state index in [1.165, 1.54) is 102 Å². The Hall–Kier alpha value is -1.48. The number of phosphoric ester groups is 1. The summed E-state index contributed by atoms with van der Waals surface area (Å²) in [6, 6.07) is -1.24. The van der Waals surface area contributed by atoms with Gasteiger partial charge in [-0.1, -0.05) is 179 Å². The monoisotopic (exact) mass is 904 g/mol. The Bertz CT molecular complexity index is 1200. The SMILES string of the molecule is CCCCC/C=C\C/C=C\CCCCCCCC(O)CC(=O)NC(COP(=O)(O)OC1C(O)C(O)C(O)C(O)C1O)C(O)/C=C/CCCCCCCCCCCCCCCCC. The highest BCUT2D eigenvalue weighted by Gasteiger charge is 2.51. The molecular weight excluding hydrogens is 813 g/mol. The molecule has 0 aromatic rings. The molecule has 0 heterocycles. The van der Waals surface area contributed by atoms with Gasteiger partial charge < -0.3 is 46.0 Å². The van der Waals surface area contributed by atoms with Crippen LogP contribution in [0.5, 0.6) is 0 Å². The number of aliphatic hydroxyl groups is 7. The van der Waals surface area contributed by atoms with E-state index < -0.39 is 75.2 Å². The normalized spacial score (nSPS) is 23.3. The zero-order valence-electron chi connectivity index (χ0n) is 38.5. The van der Waals surface area contributed by atoms with Gasteiger partial charge >= 0.3 is 7.82 Å². The molecule has 0 bridgehead atoms. The fourth-order valence-electron chi connectivity index (χ4n) is 7.68. The van der Waals surface area contributed by atoms with Gasteiger partial charge in [-0.25, -0.2) is 4.57 Å². The van der Waals surface area contributed by atoms with Crippen LogP contribution in [0.3, 0.4) is 0 Å². The number of phosphoric acid groups is 1. The fourth-order valence-corrected chi connectivity index (χ4v) is 8.65. The minimum atomic E-state index is -5.14. The van der Waals surface area contributed by atoms with Crippen LogP contribution in [0.4, 0.5) is 0 Å². The number of allylic oxidation sites excluding steroid dienone is 5. The van der Waals surface area contributed by atoms with E-state index in [1.807, 2.05) is 0 Å². The molecule has 0 aromatic heterocycles. The van der Waals surface area contributed by atoms with Gasteiger partial charge in [0.25, 0.3) is 0 Å². The van der Waals surface area contributed by atoms with Crippen molar-refractivity contribution < 1.29 is 59.0 Å². The highest BCUT2D eigenvalue weighted by Crippen LogP contribution is 2.47. The number of hydrogen-bond acceptors (Lipinski definition) is 11. The lowest BCUT2D eigenvalue weighted by molar-refractivity contribution is -0.220. The molecule has 14 heteroatoms. The smallest absolute Gasteiger partial charge is 0.393 e. The minimum absolute atomic E-state index is 0.254. The molecule has 1 fully saturated rings. The Balaban J connectivity index is 2.54. The molecular formula is C48H90NO12P. The Kier molecular flexibility index (Phi) is 35.6. The maximum atomic E-state index is 13.0. The third-order valence-electron chi connectivity index (χ3n) is 11.7. The number of carbonyl (C=O) groups is 1. The molecule has 364 valence electrons. The van der Waals surface area contributed by atoms with Crippen molar-refractivity contribution in [2.75, 3.05) is 6.61 Å². The summed E-state index contributed by atoms with van der Waals surface area (Å²) in [7, 11) is -5.14. The number of amides is 1. The number of aliphatic hydroxyl groups excluding tert-OH is 7. The van der Waals surface area contributed by atoms with Crippen molar-refractivity contribution >= 4 is 13.7 Å². The third-order valence-corrected chi connectivity index (χ3v) is 12.7. The minimum Gasteiger partial charge on any atom is -0.393 e. The molecule has 1 amide bonds. The summed E-state index contributed by atoms with van der Waals surface area (Å²) in [4.78, 5) is 23.5. The molecule has 0 radical (unpaired) electrons. The maximum Gasteiger partial charge on any atom is 0.472 e. The summed E-state index contributed by atoms with van der Waals surface area (Å²) < 4.78 is 22.9. The molecule has 1 saturated carbocycles. The standard InChI is InChI=1S/C48H90NO12P/c1-3-5-7-9-11-13-15-17-19-20-22-24-26-28-30-32-34-36-41(51)40(38-60-62(58,59)61-48-46(56)44(54)43(53)45(55)47(48)57)49-42(52)37-39(50)35-33-31-29-27-25-23-21-18-16-14-12-10-8-6-4-2/h12,14,18,21,34,36,39-41,43-48,50-51,53-57H,3-11,13,15-17,19-20,22-33,35,37-38H2,1-2H3,(H,49,52)(H,58,59)/b14-12-,21-18-,36-34+. The second kappa shape index (κ2) is 37.7. The molecule has 1 aliphatic carbocycles. The molecule has 1 aliphatic rings. The summed E-state index contributed by atoms with van der Waals surface area (Å²) in [6.45, 7) is 3.72. The van der Waals surface area contributed by atoms with Gasteiger partial charge in [0, 0.05) is 0 Å². The summed E-state index contributed by atoms with van der Waals surface area (Å²) in [6.07, 6.45) is 29.3. The Morgan fingerprint density at radius 3 is 1.48 bits per heavy atom. The van der Waals surface area contributed by atoms with Crippen LogP contribution >= 0.6 is 7.82 Å². The first-order valence-corrected chi connectivity index (χ1v) is 26.0. The molecule has 8 atom stereocenters. The zero-order valence-corrected chi connectivity index (χ0v) is 39.4. The molecule has 9 N–H and O–H groups in total. The van der Waals surface area contributed by atoms with Crippen LogP contribution in [0, 0.1) is 0 Å². The van der Waals surface area contributed by atoms with Crippen LogP contribution in [0.15, 0.2) is 36.5 Å². The Morgan fingerprint density at radius 1 is 0.581 bits per heavy atom. The number of nitrogens with one attached hydrogen (secondary N) is 1. The molecule has 0 spiro atoms. The topological polar surface area (TPSA) is 226 Å². The highest BCUT2D eigenvalue weighted by molar-refractivity contribution is 7.47. The van der Waals surface area contributed by atoms with Gasteiger partial charge in [0.15, 0.2) is 0 Å². The second-order valence-corrected chi connectivity index (χ2v) is 18.9. The summed E-state index contributed by atoms with van der Waals surface area (Å²) in [5.74, 6) is -0.601. The number of rotatable bonds is 40. The highest BCUT2D eigenvalue weighted by atomic mass is 31.2. The van der Waals surface area contributed by atoms with Crippen LogP contribution < -0.4 is 5.32 Å². The third kappa shape index (κ3) is 29.1. The first kappa shape index (κ1) is 58.5. The van der Waals surface area contributed by atoms with Gasteiger partial charge in [0.2, 0.25) is 5.91 Å². The van der Waals surface area contributed by atoms with Gasteiger partial charge in [-0.3, -0.25) is 13.8 Å². The van der Waals surface area contributed by atoms with E-state index in [9.17, 15) is 50.0 Å². The van der Waals surface area contributed by atoms with Crippen molar-refractivity contribution in [2.45, 2.75) is 255 Å². The van der Waals surface area contributed by atoms with Gasteiger partial charge in [-0.2, -0.15) is 0 Å². The van der Waals surface area contributed by atoms with Crippen LogP contribution in [-0.2, 0) is 18.4 Å². The van der Waals surface area contributed by atoms with Gasteiger partial charge in [0.1, 0.15) is 36.6 Å². The molecule has 0 aliphatic heterocycles. The predicted octanol–water partition coefficient (Wildman–Crippen LogP) is 8.53. The predicted molar refractivity (Wildman–Crippen MR) is 247 cm³/mol. The summed E-state index contributed by atoms with van der Waals surface area (Å²) in [5.41, 5.74) is 0. The van der Waals surface area contributed by atoms with E-state index in [0.29, 0.717) is 12.8 Å². The van der Waals surface area contributed by atoms with E-state index in [-0.39, 0.29) is 6.42 Å². The number of hydrogen-bond donors (Lipinski definition) is 9. The fraction of sp³-hybridized carbons (Fsp3) is 0.854. The quantitative estimate of drug-likeness (QED) is 0.0160. The van der Waals surface area contributed by atoms with Gasteiger partial charge in [0.05, 0.1) is 31.3 Å². The van der Waals surface area contributed by atoms with Gasteiger partial charge in [-0.15, -0.1) is 0 Å². The second-order valence-electron chi connectivity index (χ2n) is 17.5. The van der Waals surface area contributed by atoms with Crippen molar-refractivity contribution in [3.8, 4) is 0 Å². The zero-order chi connectivity index (χ0) is 45.9. The Morgan fingerprint density at radius 2 is 0.984 bits per heavy atom. The van der Waals surface area contributed by atoms with Crippen LogP contribution in [-0.4, -0.2) is 108 Å². The largest absolute Gasteiger partial charge is 0.472 e. The first-order chi connectivity index (χ1) is 29.8. The maximum absolute atomic E-state index is 13.0. The van der Waals surface area contributed by atoms with Crippen LogP contribution in [0.2, 0.25) is 0 Å². The van der Waals surface area contributed by atoms with Gasteiger partial charge in [-0.05, 0) is 51.4 Å². The first-order valence-electron chi connectivity index (χ1n) is 24.5. The van der Waals surface area contributed by atoms with Crippen LogP contribution in [0.1, 0.15) is 200 Å². The van der Waals surface area contributed by atoms with Crippen molar-refractivity contribution in [1.82, 2.24) is 5.32 Å². The molecule has 0 saturated heterocycles. The van der Waals surface area contributed by atoms with Crippen molar-refractivity contribution in [2.24, 2.45) is 0 Å². The van der Waals surface area contributed by atoms with Crippen molar-refractivity contribution in [3.05, 3.63) is 36.5 Å². The summed E-state index contributed by atoms with van der Waals surface area (Å²) in [5, 5.41) is 74.5. The lowest BCUT2D eigenvalue weighted by Crippen LogP contribution is -2.64. The number of unbranched alkanes of at least 4 members (excludes halogenated alkanes) is 23. The average Bonchev–Trinajstić information content (AvgIpc) is 3.24. The van der Waals surface area contributed by atoms with Crippen molar-refractivity contribution in [3.63, 3.8) is 0 Å². The molecule has 62 heavy (non-hydrogen) atoms. The van der Waals surface area contributed by atoms with E-state index in [1.54, 1.807) is 6.08 Å². The Labute approximate surface area is 375 Å². The van der Waals surface area contributed by atoms with E-state index in [2.05, 4.69) is 43.5 Å². The number of carbonyl (C=O) groups excluding carboxylic acids is 1. The molecule has 8 unspecified atom stereocenters. The van der Waals surface area contributed by atoms with E-state index in [4.69, 9.17) is 9.05 Å². The molecule has 0 aromatic carbocycles.